The molecular weight excluding hydrogens is 228 g/mol. The third kappa shape index (κ3) is 2.56. The van der Waals surface area contributed by atoms with Crippen molar-refractivity contribution in [3.05, 3.63) is 0 Å². The van der Waals surface area contributed by atoms with Crippen LogP contribution in [0.15, 0.2) is 0 Å². The van der Waals surface area contributed by atoms with E-state index in [1.807, 2.05) is 6.92 Å². The van der Waals surface area contributed by atoms with Crippen molar-refractivity contribution in [2.24, 2.45) is 5.73 Å². The van der Waals surface area contributed by atoms with Crippen molar-refractivity contribution in [1.82, 2.24) is 4.31 Å². The Morgan fingerprint density at radius 2 is 2.00 bits per heavy atom. The van der Waals surface area contributed by atoms with Crippen LogP contribution in [0.4, 0.5) is 0 Å². The second-order valence-corrected chi connectivity index (χ2v) is 7.87. The average Bonchev–Trinajstić information content (AvgIpc) is 2.16. The van der Waals surface area contributed by atoms with Gasteiger partial charge in [-0.15, -0.1) is 0 Å². The van der Waals surface area contributed by atoms with Gasteiger partial charge in [-0.05, 0) is 27.7 Å². The van der Waals surface area contributed by atoms with Crippen LogP contribution in [0.25, 0.3) is 0 Å². The van der Waals surface area contributed by atoms with Gasteiger partial charge in [-0.25, -0.2) is 8.42 Å². The van der Waals surface area contributed by atoms with Gasteiger partial charge in [0.1, 0.15) is 0 Å². The Morgan fingerprint density at radius 1 is 1.44 bits per heavy atom. The zero-order valence-electron chi connectivity index (χ0n) is 10.4. The van der Waals surface area contributed by atoms with Crippen molar-refractivity contribution < 1.29 is 13.2 Å². The molecule has 6 heteroatoms. The predicted molar refractivity (Wildman–Crippen MR) is 63.6 cm³/mol. The molecule has 1 saturated heterocycles. The van der Waals surface area contributed by atoms with Gasteiger partial charge in [-0.3, -0.25) is 0 Å². The number of hydrogen-bond donors (Lipinski definition) is 1. The summed E-state index contributed by atoms with van der Waals surface area (Å²) in [5.41, 5.74) is 5.52. The third-order valence-electron chi connectivity index (χ3n) is 2.79. The van der Waals surface area contributed by atoms with Crippen molar-refractivity contribution >= 4 is 10.0 Å². The van der Waals surface area contributed by atoms with Gasteiger partial charge >= 0.3 is 0 Å². The molecule has 0 radical (unpaired) electrons. The van der Waals surface area contributed by atoms with E-state index in [4.69, 9.17) is 10.5 Å². The fourth-order valence-electron chi connectivity index (χ4n) is 1.62. The van der Waals surface area contributed by atoms with Crippen LogP contribution in [0.2, 0.25) is 0 Å². The third-order valence-corrected chi connectivity index (χ3v) is 5.47. The molecule has 1 rings (SSSR count). The predicted octanol–water partition coefficient (Wildman–Crippen LogP) is 0.163. The smallest absolute Gasteiger partial charge is 0.219 e. The number of sulfonamides is 1. The first-order valence-corrected chi connectivity index (χ1v) is 6.97. The lowest BCUT2D eigenvalue weighted by molar-refractivity contribution is -0.0226. The maximum Gasteiger partial charge on any atom is 0.219 e. The largest absolute Gasteiger partial charge is 0.374 e. The quantitative estimate of drug-likeness (QED) is 0.758. The number of nitrogens with zero attached hydrogens (tertiary/aromatic N) is 1. The van der Waals surface area contributed by atoms with Gasteiger partial charge in [0.2, 0.25) is 10.0 Å². The van der Waals surface area contributed by atoms with Crippen LogP contribution < -0.4 is 5.73 Å². The topological polar surface area (TPSA) is 72.6 Å². The van der Waals surface area contributed by atoms with Crippen LogP contribution in [-0.2, 0) is 14.8 Å². The standard InChI is InChI=1S/C10H22N2O3S/c1-8-7-15-9(5-11)6-12(8)16(13,14)10(2,3)4/h8-9H,5-7,11H2,1-4H3. The summed E-state index contributed by atoms with van der Waals surface area (Å²) in [5.74, 6) is 0. The minimum atomic E-state index is -3.29. The van der Waals surface area contributed by atoms with E-state index in [-0.39, 0.29) is 12.1 Å². The van der Waals surface area contributed by atoms with Gasteiger partial charge in [0.25, 0.3) is 0 Å². The summed E-state index contributed by atoms with van der Waals surface area (Å²) in [5, 5.41) is 0. The van der Waals surface area contributed by atoms with Gasteiger partial charge in [0, 0.05) is 19.1 Å². The van der Waals surface area contributed by atoms with Crippen LogP contribution in [0, 0.1) is 0 Å². The molecule has 0 bridgehead atoms. The van der Waals surface area contributed by atoms with Crippen molar-refractivity contribution in [2.45, 2.75) is 44.6 Å². The Hall–Kier alpha value is -0.170. The number of hydrogen-bond acceptors (Lipinski definition) is 4. The first-order chi connectivity index (χ1) is 7.20. The average molecular weight is 250 g/mol. The number of nitrogens with two attached hydrogens (primary N) is 1. The van der Waals surface area contributed by atoms with Gasteiger partial charge in [0.05, 0.1) is 17.5 Å². The van der Waals surface area contributed by atoms with E-state index in [0.717, 1.165) is 0 Å². The van der Waals surface area contributed by atoms with E-state index in [9.17, 15) is 8.42 Å². The minimum absolute atomic E-state index is 0.118. The van der Waals surface area contributed by atoms with Gasteiger partial charge in [-0.2, -0.15) is 4.31 Å². The monoisotopic (exact) mass is 250 g/mol. The fraction of sp³-hybridized carbons (Fsp3) is 1.00. The number of ether oxygens (including phenoxy) is 1. The highest BCUT2D eigenvalue weighted by atomic mass is 32.2. The molecule has 2 atom stereocenters. The molecule has 0 aromatic rings. The molecule has 2 unspecified atom stereocenters. The molecule has 96 valence electrons. The van der Waals surface area contributed by atoms with Crippen LogP contribution in [-0.4, -0.2) is 49.3 Å². The molecule has 16 heavy (non-hydrogen) atoms. The van der Waals surface area contributed by atoms with Crippen molar-refractivity contribution in [2.75, 3.05) is 19.7 Å². The molecule has 1 heterocycles. The second-order valence-electron chi connectivity index (χ2n) is 5.23. The van der Waals surface area contributed by atoms with E-state index in [1.165, 1.54) is 4.31 Å². The highest BCUT2D eigenvalue weighted by Crippen LogP contribution is 2.25. The Morgan fingerprint density at radius 3 is 2.44 bits per heavy atom. The van der Waals surface area contributed by atoms with Crippen LogP contribution in [0.1, 0.15) is 27.7 Å². The summed E-state index contributed by atoms with van der Waals surface area (Å²) < 4.78 is 30.8. The molecule has 2 N–H and O–H groups in total. The lowest BCUT2D eigenvalue weighted by atomic mass is 10.2. The summed E-state index contributed by atoms with van der Waals surface area (Å²) in [4.78, 5) is 0. The molecule has 0 aromatic carbocycles. The number of rotatable bonds is 2. The normalized spacial score (nSPS) is 29.3. The SMILES string of the molecule is CC1COC(CN)CN1S(=O)(=O)C(C)(C)C. The Kier molecular flexibility index (Phi) is 3.99. The Balaban J connectivity index is 2.93. The van der Waals surface area contributed by atoms with Crippen LogP contribution in [0.3, 0.4) is 0 Å². The number of morpholine rings is 1. The van der Waals surface area contributed by atoms with Crippen molar-refractivity contribution in [3.63, 3.8) is 0 Å². The summed E-state index contributed by atoms with van der Waals surface area (Å²) in [6.45, 7) is 8.11. The zero-order chi connectivity index (χ0) is 12.6. The summed E-state index contributed by atoms with van der Waals surface area (Å²) in [6, 6.07) is -0.118. The van der Waals surface area contributed by atoms with Gasteiger partial charge in [-0.1, -0.05) is 0 Å². The second kappa shape index (κ2) is 4.60. The minimum Gasteiger partial charge on any atom is -0.374 e. The van der Waals surface area contributed by atoms with Crippen LogP contribution in [0.5, 0.6) is 0 Å². The molecule has 0 spiro atoms. The molecule has 0 amide bonds. The molecule has 5 nitrogen and oxygen atoms in total. The molecule has 0 saturated carbocycles. The first kappa shape index (κ1) is 13.9. The maximum atomic E-state index is 12.3. The van der Waals surface area contributed by atoms with Gasteiger partial charge < -0.3 is 10.5 Å². The van der Waals surface area contributed by atoms with Gasteiger partial charge in [0.15, 0.2) is 0 Å². The molecule has 1 aliphatic heterocycles. The van der Waals surface area contributed by atoms with E-state index < -0.39 is 14.8 Å². The molecular formula is C10H22N2O3S. The van der Waals surface area contributed by atoms with E-state index >= 15 is 0 Å². The van der Waals surface area contributed by atoms with Crippen molar-refractivity contribution in [1.29, 1.82) is 0 Å². The Labute approximate surface area is 98.0 Å². The van der Waals surface area contributed by atoms with Crippen LogP contribution >= 0.6 is 0 Å². The molecule has 0 aromatic heterocycles. The first-order valence-electron chi connectivity index (χ1n) is 5.53. The maximum absolute atomic E-state index is 12.3. The van der Waals surface area contributed by atoms with Crippen molar-refractivity contribution in [3.8, 4) is 0 Å². The van der Waals surface area contributed by atoms with E-state index in [2.05, 4.69) is 0 Å². The lowest BCUT2D eigenvalue weighted by Gasteiger charge is -2.39. The lowest BCUT2D eigenvalue weighted by Crippen LogP contribution is -2.56. The summed E-state index contributed by atoms with van der Waals surface area (Å²) in [6.07, 6.45) is -0.187. The van der Waals surface area contributed by atoms with E-state index in [1.54, 1.807) is 20.8 Å². The summed E-state index contributed by atoms with van der Waals surface area (Å²) in [7, 11) is -3.29. The molecule has 0 aliphatic carbocycles. The fourth-order valence-corrected chi connectivity index (χ4v) is 3.22. The van der Waals surface area contributed by atoms with E-state index in [0.29, 0.717) is 19.7 Å². The Bertz CT molecular complexity index is 334. The summed E-state index contributed by atoms with van der Waals surface area (Å²) >= 11 is 0. The highest BCUT2D eigenvalue weighted by molar-refractivity contribution is 7.90. The molecule has 1 aliphatic rings. The highest BCUT2D eigenvalue weighted by Gasteiger charge is 2.41. The zero-order valence-corrected chi connectivity index (χ0v) is 11.3. The molecule has 1 fully saturated rings.